The summed E-state index contributed by atoms with van der Waals surface area (Å²) in [7, 11) is 1.58. The fraction of sp³-hybridized carbons (Fsp3) is 0.250. The van der Waals surface area contributed by atoms with Crippen LogP contribution >= 0.6 is 0 Å². The zero-order chi connectivity index (χ0) is 14.8. The molecule has 2 heterocycles. The van der Waals surface area contributed by atoms with Crippen LogP contribution in [-0.2, 0) is 17.9 Å². The highest BCUT2D eigenvalue weighted by Crippen LogP contribution is 2.22. The van der Waals surface area contributed by atoms with Gasteiger partial charge in [0, 0.05) is 18.7 Å². The Hall–Kier alpha value is -2.24. The summed E-state index contributed by atoms with van der Waals surface area (Å²) in [5.74, 6) is 0. The third-order valence-corrected chi connectivity index (χ3v) is 3.58. The van der Waals surface area contributed by atoms with Gasteiger partial charge in [0.15, 0.2) is 0 Å². The van der Waals surface area contributed by atoms with Crippen LogP contribution in [-0.4, -0.2) is 23.2 Å². The maximum absolute atomic E-state index is 12.6. The van der Waals surface area contributed by atoms with Crippen LogP contribution < -0.4 is 11.3 Å². The average Bonchev–Trinajstić information content (AvgIpc) is 2.52. The second kappa shape index (κ2) is 5.63. The minimum atomic E-state index is -0.0842. The number of fused-ring (bicyclic) bond motifs is 3. The molecule has 3 rings (SSSR count). The number of nitrogens with zero attached hydrogens (tertiary/aromatic N) is 2. The Balaban J connectivity index is 2.44. The Morgan fingerprint density at radius 3 is 2.90 bits per heavy atom. The summed E-state index contributed by atoms with van der Waals surface area (Å²) in [4.78, 5) is 17.0. The minimum absolute atomic E-state index is 0.0842. The highest BCUT2D eigenvalue weighted by molar-refractivity contribution is 6.03. The monoisotopic (exact) mass is 283 g/mol. The van der Waals surface area contributed by atoms with Crippen LogP contribution in [0.25, 0.3) is 21.8 Å². The van der Waals surface area contributed by atoms with Crippen LogP contribution in [0.15, 0.2) is 41.3 Å². The molecule has 108 valence electrons. The van der Waals surface area contributed by atoms with Crippen molar-refractivity contribution in [1.82, 2.24) is 9.55 Å². The maximum Gasteiger partial charge on any atom is 0.262 e. The van der Waals surface area contributed by atoms with E-state index in [9.17, 15) is 4.79 Å². The molecule has 0 fully saturated rings. The van der Waals surface area contributed by atoms with E-state index >= 15 is 0 Å². The molecule has 0 unspecified atom stereocenters. The fourth-order valence-corrected chi connectivity index (χ4v) is 2.63. The van der Waals surface area contributed by atoms with Crippen molar-refractivity contribution in [2.24, 2.45) is 5.73 Å². The van der Waals surface area contributed by atoms with E-state index in [0.717, 1.165) is 28.4 Å². The molecule has 3 aromatic rings. The minimum Gasteiger partial charge on any atom is -0.364 e. The van der Waals surface area contributed by atoms with Gasteiger partial charge in [0.2, 0.25) is 0 Å². The van der Waals surface area contributed by atoms with Crippen molar-refractivity contribution in [3.8, 4) is 0 Å². The lowest BCUT2D eigenvalue weighted by atomic mass is 10.1. The number of aromatic nitrogens is 2. The zero-order valence-corrected chi connectivity index (χ0v) is 11.9. The molecule has 2 N–H and O–H groups in total. The number of rotatable bonds is 4. The molecule has 0 bridgehead atoms. The van der Waals surface area contributed by atoms with E-state index in [2.05, 4.69) is 11.1 Å². The Morgan fingerprint density at radius 2 is 2.14 bits per heavy atom. The van der Waals surface area contributed by atoms with Crippen molar-refractivity contribution >= 4 is 21.8 Å². The molecule has 0 aliphatic carbocycles. The second-order valence-corrected chi connectivity index (χ2v) is 4.94. The topological polar surface area (TPSA) is 70.1 Å². The van der Waals surface area contributed by atoms with Gasteiger partial charge in [-0.25, -0.2) is 0 Å². The Kier molecular flexibility index (Phi) is 3.68. The molecule has 21 heavy (non-hydrogen) atoms. The van der Waals surface area contributed by atoms with Crippen LogP contribution in [0, 0.1) is 0 Å². The molecule has 0 saturated carbocycles. The highest BCUT2D eigenvalue weighted by Gasteiger charge is 2.11. The molecule has 0 spiro atoms. The van der Waals surface area contributed by atoms with Crippen molar-refractivity contribution in [2.75, 3.05) is 13.7 Å². The lowest BCUT2D eigenvalue weighted by molar-refractivity contribution is 0.132. The van der Waals surface area contributed by atoms with Gasteiger partial charge in [0.05, 0.1) is 16.4 Å². The third kappa shape index (κ3) is 2.30. The summed E-state index contributed by atoms with van der Waals surface area (Å²) >= 11 is 0. The molecule has 5 heteroatoms. The van der Waals surface area contributed by atoms with Gasteiger partial charge in [-0.05, 0) is 42.8 Å². The highest BCUT2D eigenvalue weighted by atomic mass is 16.5. The van der Waals surface area contributed by atoms with E-state index in [4.69, 9.17) is 10.5 Å². The van der Waals surface area contributed by atoms with E-state index in [-0.39, 0.29) is 12.3 Å². The largest absolute Gasteiger partial charge is 0.364 e. The van der Waals surface area contributed by atoms with Gasteiger partial charge in [0.1, 0.15) is 6.73 Å². The Bertz CT molecular complexity index is 855. The molecule has 0 saturated heterocycles. The van der Waals surface area contributed by atoms with Crippen LogP contribution in [0.2, 0.25) is 0 Å². The number of hydrogen-bond acceptors (Lipinski definition) is 4. The van der Waals surface area contributed by atoms with Gasteiger partial charge in [-0.1, -0.05) is 6.07 Å². The molecule has 0 radical (unpaired) electrons. The summed E-state index contributed by atoms with van der Waals surface area (Å²) in [6, 6.07) is 9.57. The number of methoxy groups -OCH3 is 1. The van der Waals surface area contributed by atoms with Crippen LogP contribution in [0.5, 0.6) is 0 Å². The number of pyridine rings is 2. The summed E-state index contributed by atoms with van der Waals surface area (Å²) in [5.41, 5.74) is 8.24. The van der Waals surface area contributed by atoms with E-state index in [1.165, 1.54) is 0 Å². The predicted octanol–water partition coefficient (Wildman–Crippen LogP) is 1.65. The standard InChI is InChI=1S/C16H17N3O2/c1-21-10-19-14-5-4-11(6-7-17)9-13(14)15-12(16(19)20)3-2-8-18-15/h2-5,8-9H,6-7,10,17H2,1H3. The van der Waals surface area contributed by atoms with Gasteiger partial charge in [0.25, 0.3) is 5.56 Å². The first-order valence-corrected chi connectivity index (χ1v) is 6.85. The van der Waals surface area contributed by atoms with Crippen LogP contribution in [0.1, 0.15) is 5.56 Å². The van der Waals surface area contributed by atoms with Gasteiger partial charge in [-0.2, -0.15) is 0 Å². The predicted molar refractivity (Wildman–Crippen MR) is 83.3 cm³/mol. The van der Waals surface area contributed by atoms with Crippen molar-refractivity contribution in [2.45, 2.75) is 13.2 Å². The Morgan fingerprint density at radius 1 is 1.29 bits per heavy atom. The SMILES string of the molecule is COCn1c(=O)c2cccnc2c2cc(CCN)ccc21. The lowest BCUT2D eigenvalue weighted by Crippen LogP contribution is -2.22. The first kappa shape index (κ1) is 13.7. The molecule has 1 aromatic carbocycles. The smallest absolute Gasteiger partial charge is 0.262 e. The molecule has 2 aromatic heterocycles. The van der Waals surface area contributed by atoms with Gasteiger partial charge < -0.3 is 10.5 Å². The molecule has 0 atom stereocenters. The zero-order valence-electron chi connectivity index (χ0n) is 11.9. The van der Waals surface area contributed by atoms with Gasteiger partial charge in [-0.15, -0.1) is 0 Å². The number of nitrogens with two attached hydrogens (primary N) is 1. The van der Waals surface area contributed by atoms with E-state index < -0.39 is 0 Å². The third-order valence-electron chi connectivity index (χ3n) is 3.58. The van der Waals surface area contributed by atoms with Gasteiger partial charge >= 0.3 is 0 Å². The summed E-state index contributed by atoms with van der Waals surface area (Å²) < 4.78 is 6.80. The average molecular weight is 283 g/mol. The number of ether oxygens (including phenoxy) is 1. The second-order valence-electron chi connectivity index (χ2n) is 4.94. The number of hydrogen-bond donors (Lipinski definition) is 1. The molecular formula is C16H17N3O2. The lowest BCUT2D eigenvalue weighted by Gasteiger charge is -2.12. The first-order valence-electron chi connectivity index (χ1n) is 6.85. The van der Waals surface area contributed by atoms with Crippen molar-refractivity contribution in [1.29, 1.82) is 0 Å². The van der Waals surface area contributed by atoms with Crippen LogP contribution in [0.3, 0.4) is 0 Å². The van der Waals surface area contributed by atoms with E-state index in [1.807, 2.05) is 12.1 Å². The van der Waals surface area contributed by atoms with Gasteiger partial charge in [-0.3, -0.25) is 14.3 Å². The molecule has 0 aliphatic rings. The van der Waals surface area contributed by atoms with E-state index in [0.29, 0.717) is 11.9 Å². The quantitative estimate of drug-likeness (QED) is 0.739. The van der Waals surface area contributed by atoms with Crippen LogP contribution in [0.4, 0.5) is 0 Å². The molecule has 0 amide bonds. The van der Waals surface area contributed by atoms with Crippen molar-refractivity contribution in [3.63, 3.8) is 0 Å². The Labute approximate surface area is 122 Å². The molecule has 5 nitrogen and oxygen atoms in total. The first-order chi connectivity index (χ1) is 10.3. The van der Waals surface area contributed by atoms with Crippen molar-refractivity contribution < 1.29 is 4.74 Å². The normalized spacial score (nSPS) is 11.3. The summed E-state index contributed by atoms with van der Waals surface area (Å²) in [6.45, 7) is 0.810. The van der Waals surface area contributed by atoms with E-state index in [1.54, 1.807) is 30.0 Å². The molecule has 0 aliphatic heterocycles. The fourth-order valence-electron chi connectivity index (χ4n) is 2.63. The maximum atomic E-state index is 12.6. The molecular weight excluding hydrogens is 266 g/mol. The summed E-state index contributed by atoms with van der Waals surface area (Å²) in [6.07, 6.45) is 2.51. The van der Waals surface area contributed by atoms with Crippen molar-refractivity contribution in [3.05, 3.63) is 52.4 Å². The summed E-state index contributed by atoms with van der Waals surface area (Å²) in [5, 5.41) is 1.56. The number of benzene rings is 1.